The van der Waals surface area contributed by atoms with Gasteiger partial charge < -0.3 is 19.4 Å². The van der Waals surface area contributed by atoms with E-state index in [1.54, 1.807) is 18.4 Å². The van der Waals surface area contributed by atoms with Gasteiger partial charge in [-0.2, -0.15) is 0 Å². The van der Waals surface area contributed by atoms with E-state index in [4.69, 9.17) is 4.74 Å². The Bertz CT molecular complexity index is 1230. The molecular formula is C29H33N3O3S. The summed E-state index contributed by atoms with van der Waals surface area (Å²) >= 11 is 1.60. The van der Waals surface area contributed by atoms with E-state index in [0.29, 0.717) is 31.8 Å². The summed E-state index contributed by atoms with van der Waals surface area (Å²) in [7, 11) is 1.64. The first-order valence-corrected chi connectivity index (χ1v) is 13.4. The number of thiophene rings is 1. The number of hydrogen-bond acceptors (Lipinski definition) is 5. The van der Waals surface area contributed by atoms with Crippen molar-refractivity contribution >= 4 is 28.8 Å². The van der Waals surface area contributed by atoms with Crippen molar-refractivity contribution < 1.29 is 14.3 Å². The van der Waals surface area contributed by atoms with Crippen molar-refractivity contribution in [1.29, 1.82) is 0 Å². The lowest BCUT2D eigenvalue weighted by Crippen LogP contribution is -2.53. The zero-order chi connectivity index (χ0) is 25.2. The summed E-state index contributed by atoms with van der Waals surface area (Å²) in [5.41, 5.74) is 5.21. The number of methoxy groups -OCH3 is 1. The Labute approximate surface area is 217 Å². The number of fused-ring (bicyclic) bond motifs is 1. The van der Waals surface area contributed by atoms with E-state index in [-0.39, 0.29) is 17.9 Å². The second-order valence-corrected chi connectivity index (χ2v) is 10.6. The summed E-state index contributed by atoms with van der Waals surface area (Å²) in [5.74, 6) is -0.386. The number of hydrogen-bond donors (Lipinski definition) is 0. The Morgan fingerprint density at radius 2 is 1.81 bits per heavy atom. The van der Waals surface area contributed by atoms with Gasteiger partial charge in [0, 0.05) is 56.0 Å². The number of anilines is 1. The summed E-state index contributed by atoms with van der Waals surface area (Å²) in [6.07, 6.45) is 0. The topological polar surface area (TPSA) is 53.1 Å². The van der Waals surface area contributed by atoms with Gasteiger partial charge in [-0.15, -0.1) is 11.3 Å². The summed E-state index contributed by atoms with van der Waals surface area (Å²) in [5, 5.41) is 2.01. The smallest absolute Gasteiger partial charge is 0.254 e. The molecule has 0 N–H and O–H groups in total. The maximum Gasteiger partial charge on any atom is 0.254 e. The highest BCUT2D eigenvalue weighted by Gasteiger charge is 2.46. The number of benzene rings is 2. The van der Waals surface area contributed by atoms with Crippen molar-refractivity contribution in [2.75, 3.05) is 51.3 Å². The van der Waals surface area contributed by atoms with Crippen LogP contribution in [0.5, 0.6) is 0 Å². The predicted molar refractivity (Wildman–Crippen MR) is 144 cm³/mol. The number of carbonyl (C=O) groups excluding carboxylic acids is 2. The van der Waals surface area contributed by atoms with Crippen LogP contribution in [0.2, 0.25) is 0 Å². The highest BCUT2D eigenvalue weighted by Crippen LogP contribution is 2.45. The number of rotatable bonds is 6. The van der Waals surface area contributed by atoms with Crippen molar-refractivity contribution in [2.45, 2.75) is 25.8 Å². The minimum atomic E-state index is -0.443. The fourth-order valence-electron chi connectivity index (χ4n) is 5.59. The third-order valence-electron chi connectivity index (χ3n) is 7.36. The van der Waals surface area contributed by atoms with Crippen LogP contribution in [-0.2, 0) is 9.53 Å². The molecule has 2 atom stereocenters. The van der Waals surface area contributed by atoms with E-state index >= 15 is 0 Å². The molecule has 3 heterocycles. The van der Waals surface area contributed by atoms with E-state index in [1.807, 2.05) is 51.6 Å². The molecule has 2 aliphatic rings. The van der Waals surface area contributed by atoms with Gasteiger partial charge in [-0.3, -0.25) is 9.59 Å². The number of aryl methyl sites for hydroxylation is 2. The highest BCUT2D eigenvalue weighted by atomic mass is 32.1. The Kier molecular flexibility index (Phi) is 7.12. The first-order chi connectivity index (χ1) is 17.5. The van der Waals surface area contributed by atoms with Crippen LogP contribution in [0, 0.1) is 13.8 Å². The van der Waals surface area contributed by atoms with Gasteiger partial charge in [-0.05, 0) is 48.6 Å². The predicted octanol–water partition coefficient (Wildman–Crippen LogP) is 4.64. The van der Waals surface area contributed by atoms with Crippen LogP contribution in [0.1, 0.15) is 43.9 Å². The van der Waals surface area contributed by atoms with Crippen LogP contribution in [0.15, 0.2) is 60.0 Å². The van der Waals surface area contributed by atoms with Gasteiger partial charge in [-0.1, -0.05) is 42.0 Å². The average molecular weight is 504 g/mol. The largest absolute Gasteiger partial charge is 0.383 e. The van der Waals surface area contributed by atoms with Gasteiger partial charge in [0.2, 0.25) is 5.91 Å². The van der Waals surface area contributed by atoms with Crippen LogP contribution < -0.4 is 4.90 Å². The molecule has 2 aliphatic heterocycles. The number of amides is 2. The first-order valence-electron chi connectivity index (χ1n) is 12.5. The van der Waals surface area contributed by atoms with E-state index in [9.17, 15) is 9.59 Å². The standard InChI is InChI=1S/C29H33N3O3S/c1-20-10-11-24(21(2)19-20)30-12-14-31(15-13-30)29(34)26-22-7-4-5-8-23(22)28(33)32(16-17-35-3)27(26)25-9-6-18-36-25/h4-11,18-19,26-27H,12-17H2,1-3H3/t26-,27-/m0/s1. The zero-order valence-corrected chi connectivity index (χ0v) is 22.0. The van der Waals surface area contributed by atoms with Crippen LogP contribution >= 0.6 is 11.3 Å². The molecule has 1 fully saturated rings. The minimum absolute atomic E-state index is 0.0373. The van der Waals surface area contributed by atoms with Crippen molar-refractivity contribution in [3.05, 3.63) is 87.1 Å². The lowest BCUT2D eigenvalue weighted by molar-refractivity contribution is -0.135. The van der Waals surface area contributed by atoms with Gasteiger partial charge in [-0.25, -0.2) is 0 Å². The molecular weight excluding hydrogens is 470 g/mol. The van der Waals surface area contributed by atoms with Gasteiger partial charge in [0.1, 0.15) is 0 Å². The summed E-state index contributed by atoms with van der Waals surface area (Å²) in [6.45, 7) is 8.03. The second kappa shape index (κ2) is 10.4. The molecule has 1 saturated heterocycles. The Balaban J connectivity index is 1.45. The highest BCUT2D eigenvalue weighted by molar-refractivity contribution is 7.10. The van der Waals surface area contributed by atoms with Gasteiger partial charge >= 0.3 is 0 Å². The normalized spacial score (nSPS) is 20.0. The van der Waals surface area contributed by atoms with Crippen molar-refractivity contribution in [1.82, 2.24) is 9.80 Å². The van der Waals surface area contributed by atoms with Crippen molar-refractivity contribution in [3.63, 3.8) is 0 Å². The minimum Gasteiger partial charge on any atom is -0.383 e. The third-order valence-corrected chi connectivity index (χ3v) is 8.30. The molecule has 0 radical (unpaired) electrons. The molecule has 3 aromatic rings. The van der Waals surface area contributed by atoms with Crippen LogP contribution in [-0.4, -0.2) is 68.1 Å². The number of ether oxygens (including phenoxy) is 1. The molecule has 0 unspecified atom stereocenters. The second-order valence-electron chi connectivity index (χ2n) is 9.62. The molecule has 5 rings (SSSR count). The van der Waals surface area contributed by atoms with Crippen molar-refractivity contribution in [2.24, 2.45) is 0 Å². The molecule has 188 valence electrons. The van der Waals surface area contributed by atoms with E-state index in [1.165, 1.54) is 16.8 Å². The SMILES string of the molecule is COCCN1C(=O)c2ccccc2[C@H](C(=O)N2CCN(c3ccc(C)cc3C)CC2)[C@@H]1c1cccs1. The molecule has 0 spiro atoms. The summed E-state index contributed by atoms with van der Waals surface area (Å²) in [4.78, 5) is 35.1. The van der Waals surface area contributed by atoms with Gasteiger partial charge in [0.25, 0.3) is 5.91 Å². The average Bonchev–Trinajstić information content (AvgIpc) is 3.42. The molecule has 2 amide bonds. The molecule has 0 saturated carbocycles. The van der Waals surface area contributed by atoms with Crippen LogP contribution in [0.25, 0.3) is 0 Å². The number of carbonyl (C=O) groups is 2. The van der Waals surface area contributed by atoms with E-state index < -0.39 is 5.92 Å². The molecule has 2 aromatic carbocycles. The van der Waals surface area contributed by atoms with E-state index in [0.717, 1.165) is 23.5 Å². The van der Waals surface area contributed by atoms with Gasteiger partial charge in [0.05, 0.1) is 18.6 Å². The molecule has 36 heavy (non-hydrogen) atoms. The lowest BCUT2D eigenvalue weighted by Gasteiger charge is -2.44. The maximum absolute atomic E-state index is 14.2. The van der Waals surface area contributed by atoms with Gasteiger partial charge in [0.15, 0.2) is 0 Å². The molecule has 1 aromatic heterocycles. The Hall–Kier alpha value is -3.16. The maximum atomic E-state index is 14.2. The van der Waals surface area contributed by atoms with Crippen LogP contribution in [0.3, 0.4) is 0 Å². The Morgan fingerprint density at radius 3 is 2.50 bits per heavy atom. The summed E-state index contributed by atoms with van der Waals surface area (Å²) in [6, 6.07) is 17.8. The quantitative estimate of drug-likeness (QED) is 0.492. The first kappa shape index (κ1) is 24.5. The fourth-order valence-corrected chi connectivity index (χ4v) is 6.47. The lowest BCUT2D eigenvalue weighted by atomic mass is 9.81. The molecule has 0 bridgehead atoms. The van der Waals surface area contributed by atoms with Crippen molar-refractivity contribution in [3.8, 4) is 0 Å². The van der Waals surface area contributed by atoms with E-state index in [2.05, 4.69) is 36.9 Å². The molecule has 7 heteroatoms. The number of piperazine rings is 1. The molecule has 0 aliphatic carbocycles. The number of nitrogens with zero attached hydrogens (tertiary/aromatic N) is 3. The molecule has 6 nitrogen and oxygen atoms in total. The monoisotopic (exact) mass is 503 g/mol. The Morgan fingerprint density at radius 1 is 1.03 bits per heavy atom. The third kappa shape index (κ3) is 4.53. The zero-order valence-electron chi connectivity index (χ0n) is 21.1. The van der Waals surface area contributed by atoms with Crippen LogP contribution in [0.4, 0.5) is 5.69 Å². The fraction of sp³-hybridized carbons (Fsp3) is 0.379. The summed E-state index contributed by atoms with van der Waals surface area (Å²) < 4.78 is 5.34.